The zero-order chi connectivity index (χ0) is 45.1. The van der Waals surface area contributed by atoms with Crippen molar-refractivity contribution in [2.45, 2.75) is 118 Å². The molecule has 0 aromatic heterocycles. The van der Waals surface area contributed by atoms with Gasteiger partial charge in [0.1, 0.15) is 0 Å². The monoisotopic (exact) mass is 827 g/mol. The van der Waals surface area contributed by atoms with Crippen molar-refractivity contribution >= 4 is 46.1 Å². The highest BCUT2D eigenvalue weighted by molar-refractivity contribution is 6.96. The normalized spacial score (nSPS) is 15.5. The minimum atomic E-state index is 0.00757. The first-order valence-corrected chi connectivity index (χ1v) is 23.0. The van der Waals surface area contributed by atoms with Crippen LogP contribution in [-0.4, -0.2) is 6.71 Å². The maximum atomic E-state index is 4.23. The van der Waals surface area contributed by atoms with E-state index in [1.807, 2.05) is 6.08 Å². The summed E-state index contributed by atoms with van der Waals surface area (Å²) in [4.78, 5) is 5.07. The molecule has 0 fully saturated rings. The Morgan fingerprint density at radius 3 is 1.41 bits per heavy atom. The summed E-state index contributed by atoms with van der Waals surface area (Å²) in [6.45, 7) is 31.7. The van der Waals surface area contributed by atoms with Crippen LogP contribution in [-0.2, 0) is 28.1 Å². The molecule has 0 saturated heterocycles. The molecule has 0 aliphatic carbocycles. The van der Waals surface area contributed by atoms with E-state index in [2.05, 4.69) is 245 Å². The number of allylic oxidation sites excluding steroid dienone is 4. The molecule has 0 amide bonds. The van der Waals surface area contributed by atoms with Gasteiger partial charge in [-0.3, -0.25) is 0 Å². The second-order valence-electron chi connectivity index (χ2n) is 21.9. The summed E-state index contributed by atoms with van der Waals surface area (Å²) in [5.74, 6) is 0. The van der Waals surface area contributed by atoms with E-state index < -0.39 is 0 Å². The van der Waals surface area contributed by atoms with Crippen LogP contribution in [0.2, 0.25) is 0 Å². The number of fused-ring (bicyclic) bond motifs is 2. The summed E-state index contributed by atoms with van der Waals surface area (Å²) in [6, 6.07) is 51.2. The molecule has 0 bridgehead atoms. The van der Waals surface area contributed by atoms with Crippen molar-refractivity contribution in [1.82, 2.24) is 0 Å². The Labute approximate surface area is 380 Å². The first-order chi connectivity index (χ1) is 29.7. The molecule has 0 saturated carbocycles. The minimum absolute atomic E-state index is 0.00757. The summed E-state index contributed by atoms with van der Waals surface area (Å²) in [7, 11) is 0. The van der Waals surface area contributed by atoms with Crippen LogP contribution in [0.25, 0.3) is 11.1 Å². The molecule has 2 heterocycles. The smallest absolute Gasteiger partial charge is 0.251 e. The minimum Gasteiger partial charge on any atom is -0.312 e. The Hall–Kier alpha value is -5.80. The lowest BCUT2D eigenvalue weighted by Gasteiger charge is -2.45. The van der Waals surface area contributed by atoms with Crippen molar-refractivity contribution in [3.63, 3.8) is 0 Å². The van der Waals surface area contributed by atoms with Crippen molar-refractivity contribution in [2.75, 3.05) is 9.80 Å². The quantitative estimate of drug-likeness (QED) is 0.117. The van der Waals surface area contributed by atoms with E-state index in [9.17, 15) is 0 Å². The number of hydrogen-bond acceptors (Lipinski definition) is 2. The van der Waals surface area contributed by atoms with Crippen molar-refractivity contribution in [2.24, 2.45) is 0 Å². The summed E-state index contributed by atoms with van der Waals surface area (Å²) in [5, 5.41) is 0. The average Bonchev–Trinajstić information content (AvgIpc) is 3.24. The molecule has 8 rings (SSSR count). The molecule has 2 nitrogen and oxygen atoms in total. The van der Waals surface area contributed by atoms with Gasteiger partial charge in [0, 0.05) is 34.1 Å². The van der Waals surface area contributed by atoms with E-state index in [-0.39, 0.29) is 28.4 Å². The number of rotatable bonds is 7. The van der Waals surface area contributed by atoms with E-state index in [0.29, 0.717) is 0 Å². The SMILES string of the molecule is C=CC/C=C1/B2c3ccc(-c4ccc(C(C)(C)C)cc4)cc3N(c3ccc(C(C)(C)C)cc3)c3cccc(c32)N(c2ccc(C(C)(C)C)cc2)/C1=C/Cc1ccc(C(C)(C)C)cc1. The maximum absolute atomic E-state index is 4.23. The van der Waals surface area contributed by atoms with Gasteiger partial charge in [0.15, 0.2) is 0 Å². The lowest BCUT2D eigenvalue weighted by molar-refractivity contribution is 0.590. The highest BCUT2D eigenvalue weighted by atomic mass is 15.2. The summed E-state index contributed by atoms with van der Waals surface area (Å²) < 4.78 is 0. The lowest BCUT2D eigenvalue weighted by Crippen LogP contribution is -2.56. The number of benzene rings is 6. The molecule has 0 radical (unpaired) electrons. The van der Waals surface area contributed by atoms with E-state index in [4.69, 9.17) is 0 Å². The fraction of sp³-hybridized carbons (Fsp3) is 0.300. The zero-order valence-corrected chi connectivity index (χ0v) is 40.0. The predicted octanol–water partition coefficient (Wildman–Crippen LogP) is 15.3. The average molecular weight is 827 g/mol. The molecule has 2 aliphatic heterocycles. The van der Waals surface area contributed by atoms with Gasteiger partial charge in [-0.15, -0.1) is 6.58 Å². The number of hydrogen-bond donors (Lipinski definition) is 0. The van der Waals surface area contributed by atoms with Crippen LogP contribution >= 0.6 is 0 Å². The van der Waals surface area contributed by atoms with E-state index >= 15 is 0 Å². The highest BCUT2D eigenvalue weighted by Crippen LogP contribution is 2.47. The summed E-state index contributed by atoms with van der Waals surface area (Å²) in [5.41, 5.74) is 20.5. The van der Waals surface area contributed by atoms with Gasteiger partial charge in [0.25, 0.3) is 6.71 Å². The van der Waals surface area contributed by atoms with Gasteiger partial charge in [-0.05, 0) is 132 Å². The lowest BCUT2D eigenvalue weighted by atomic mass is 9.32. The van der Waals surface area contributed by atoms with Crippen molar-refractivity contribution in [1.29, 1.82) is 0 Å². The van der Waals surface area contributed by atoms with E-state index in [0.717, 1.165) is 24.2 Å². The van der Waals surface area contributed by atoms with Gasteiger partial charge in [-0.1, -0.05) is 192 Å². The fourth-order valence-corrected chi connectivity index (χ4v) is 9.34. The van der Waals surface area contributed by atoms with Crippen LogP contribution in [0.3, 0.4) is 0 Å². The molecule has 63 heavy (non-hydrogen) atoms. The maximum Gasteiger partial charge on any atom is 0.251 e. The molecule has 3 heteroatoms. The Morgan fingerprint density at radius 2 is 0.921 bits per heavy atom. The predicted molar refractivity (Wildman–Crippen MR) is 276 cm³/mol. The third-order valence-electron chi connectivity index (χ3n) is 13.2. The fourth-order valence-electron chi connectivity index (χ4n) is 9.34. The number of nitrogens with zero attached hydrogens (tertiary/aromatic N) is 2. The van der Waals surface area contributed by atoms with Crippen LogP contribution in [0, 0.1) is 0 Å². The molecule has 6 aromatic carbocycles. The Bertz CT molecular complexity index is 2680. The highest BCUT2D eigenvalue weighted by Gasteiger charge is 2.44. The van der Waals surface area contributed by atoms with E-state index in [1.54, 1.807) is 0 Å². The van der Waals surface area contributed by atoms with Crippen LogP contribution in [0.4, 0.5) is 28.4 Å². The van der Waals surface area contributed by atoms with Gasteiger partial charge < -0.3 is 9.80 Å². The molecule has 6 aromatic rings. The van der Waals surface area contributed by atoms with Crippen LogP contribution in [0.15, 0.2) is 169 Å². The Balaban J connectivity index is 1.38. The second-order valence-corrected chi connectivity index (χ2v) is 21.9. The van der Waals surface area contributed by atoms with Crippen molar-refractivity contribution < 1.29 is 0 Å². The van der Waals surface area contributed by atoms with Crippen molar-refractivity contribution in [3.05, 3.63) is 197 Å². The zero-order valence-electron chi connectivity index (χ0n) is 40.0. The third-order valence-corrected chi connectivity index (χ3v) is 13.2. The molecule has 2 aliphatic rings. The largest absolute Gasteiger partial charge is 0.312 e. The van der Waals surface area contributed by atoms with Gasteiger partial charge >= 0.3 is 0 Å². The molecule has 0 unspecified atom stereocenters. The first-order valence-electron chi connectivity index (χ1n) is 23.0. The van der Waals surface area contributed by atoms with Gasteiger partial charge in [0.2, 0.25) is 0 Å². The number of anilines is 5. The van der Waals surface area contributed by atoms with Gasteiger partial charge in [-0.2, -0.15) is 0 Å². The van der Waals surface area contributed by atoms with Gasteiger partial charge in [0.05, 0.1) is 0 Å². The molecule has 320 valence electrons. The van der Waals surface area contributed by atoms with Crippen LogP contribution < -0.4 is 20.7 Å². The summed E-state index contributed by atoms with van der Waals surface area (Å²) >= 11 is 0. The molecular weight excluding hydrogens is 759 g/mol. The molecule has 0 spiro atoms. The van der Waals surface area contributed by atoms with E-state index in [1.165, 1.54) is 78.1 Å². The van der Waals surface area contributed by atoms with Crippen molar-refractivity contribution in [3.8, 4) is 11.1 Å². The standard InChI is InChI=1S/C60H67BN2/c1-14-15-17-50-52(39-22-41-20-26-44(27-21-41)57(2,3)4)62(48-34-30-46(31-35-48)59(8,9)10)53-18-16-19-54-56(53)61(50)51-38-25-43(42-23-28-45(29-24-42)58(5,6)7)40-55(51)63(54)49-36-32-47(33-37-49)60(11,12)13/h14,16-21,23-40H,1,15,22H2,2-13H3/b50-17+,52-39+. The topological polar surface area (TPSA) is 6.48 Å². The first kappa shape index (κ1) is 43.8. The molecule has 0 N–H and O–H groups in total. The Kier molecular flexibility index (Phi) is 11.4. The third kappa shape index (κ3) is 8.65. The van der Waals surface area contributed by atoms with Crippen LogP contribution in [0.1, 0.15) is 117 Å². The van der Waals surface area contributed by atoms with Crippen LogP contribution in [0.5, 0.6) is 0 Å². The Morgan fingerprint density at radius 1 is 0.476 bits per heavy atom. The summed E-state index contributed by atoms with van der Waals surface area (Å²) in [6.07, 6.45) is 8.54. The molecule has 0 atom stereocenters. The molecular formula is C60H67BN2. The van der Waals surface area contributed by atoms with Gasteiger partial charge in [-0.25, -0.2) is 0 Å². The second kappa shape index (κ2) is 16.4.